The van der Waals surface area contributed by atoms with Crippen LogP contribution in [0.2, 0.25) is 0 Å². The van der Waals surface area contributed by atoms with Crippen molar-refractivity contribution in [1.29, 1.82) is 0 Å². The Morgan fingerprint density at radius 1 is 1.04 bits per heavy atom. The average molecular weight is 332 g/mol. The lowest BCUT2D eigenvalue weighted by Crippen LogP contribution is -2.34. The minimum absolute atomic E-state index is 0.0526. The maximum atomic E-state index is 11.6. The van der Waals surface area contributed by atoms with E-state index in [1.165, 1.54) is 38.3 Å². The molecule has 2 amide bonds. The zero-order chi connectivity index (χ0) is 17.5. The number of amides is 2. The molecule has 0 aliphatic rings. The van der Waals surface area contributed by atoms with Gasteiger partial charge in [0, 0.05) is 18.8 Å². The average Bonchev–Trinajstić information content (AvgIpc) is 2.60. The third-order valence-corrected chi connectivity index (χ3v) is 3.56. The molecule has 2 N–H and O–H groups in total. The van der Waals surface area contributed by atoms with E-state index >= 15 is 0 Å². The molecule has 0 saturated carbocycles. The Kier molecular flexibility index (Phi) is 10.9. The summed E-state index contributed by atoms with van der Waals surface area (Å²) in [7, 11) is 0. The van der Waals surface area contributed by atoms with Gasteiger partial charge in [-0.2, -0.15) is 5.10 Å². The van der Waals surface area contributed by atoms with Crippen LogP contribution in [0.15, 0.2) is 29.6 Å². The summed E-state index contributed by atoms with van der Waals surface area (Å²) in [5.41, 5.74) is 3.22. The number of carbonyl (C=O) groups is 2. The van der Waals surface area contributed by atoms with Gasteiger partial charge >= 0.3 is 0 Å². The molecule has 0 aliphatic carbocycles. The normalized spacial score (nSPS) is 10.7. The number of nitrogens with zero attached hydrogens (tertiary/aromatic N) is 2. The predicted molar refractivity (Wildman–Crippen MR) is 95.6 cm³/mol. The van der Waals surface area contributed by atoms with Crippen LogP contribution in [0.5, 0.6) is 0 Å². The molecule has 24 heavy (non-hydrogen) atoms. The van der Waals surface area contributed by atoms with E-state index in [-0.39, 0.29) is 18.4 Å². The molecule has 0 fully saturated rings. The van der Waals surface area contributed by atoms with Gasteiger partial charge in [0.2, 0.25) is 5.91 Å². The Hall–Kier alpha value is -2.24. The van der Waals surface area contributed by atoms with E-state index in [4.69, 9.17) is 0 Å². The first-order valence-corrected chi connectivity index (χ1v) is 8.71. The first-order chi connectivity index (χ1) is 11.7. The number of pyridine rings is 1. The molecular weight excluding hydrogens is 304 g/mol. The second-order valence-corrected chi connectivity index (χ2v) is 5.72. The van der Waals surface area contributed by atoms with Gasteiger partial charge in [0.15, 0.2) is 0 Å². The van der Waals surface area contributed by atoms with E-state index in [1.54, 1.807) is 24.5 Å². The minimum Gasteiger partial charge on any atom is -0.347 e. The van der Waals surface area contributed by atoms with E-state index in [9.17, 15) is 9.59 Å². The van der Waals surface area contributed by atoms with Crippen molar-refractivity contribution in [2.45, 2.75) is 58.3 Å². The van der Waals surface area contributed by atoms with Crippen LogP contribution in [-0.4, -0.2) is 29.6 Å². The largest absolute Gasteiger partial charge is 0.347 e. The molecular formula is C18H28N4O2. The van der Waals surface area contributed by atoms with Crippen LogP contribution < -0.4 is 10.7 Å². The third-order valence-electron chi connectivity index (χ3n) is 3.56. The number of rotatable bonds is 12. The van der Waals surface area contributed by atoms with Gasteiger partial charge in [0.1, 0.15) is 0 Å². The van der Waals surface area contributed by atoms with Crippen molar-refractivity contribution in [3.8, 4) is 0 Å². The Morgan fingerprint density at radius 2 is 1.71 bits per heavy atom. The summed E-state index contributed by atoms with van der Waals surface area (Å²) in [5, 5.41) is 6.43. The van der Waals surface area contributed by atoms with Gasteiger partial charge in [-0.05, 0) is 24.1 Å². The lowest BCUT2D eigenvalue weighted by Gasteiger charge is -2.04. The van der Waals surface area contributed by atoms with Gasteiger partial charge in [-0.1, -0.05) is 45.4 Å². The molecule has 0 aromatic carbocycles. The number of nitrogens with one attached hydrogen (secondary N) is 2. The van der Waals surface area contributed by atoms with E-state index in [0.29, 0.717) is 6.42 Å². The molecule has 1 rings (SSSR count). The highest BCUT2D eigenvalue weighted by Gasteiger charge is 2.04. The fraction of sp³-hybridized carbons (Fsp3) is 0.556. The summed E-state index contributed by atoms with van der Waals surface area (Å²) < 4.78 is 0. The molecule has 0 unspecified atom stereocenters. The van der Waals surface area contributed by atoms with Crippen molar-refractivity contribution >= 4 is 18.0 Å². The first kappa shape index (κ1) is 19.8. The number of unbranched alkanes of at least 4 members (excludes halogenated alkanes) is 6. The van der Waals surface area contributed by atoms with Gasteiger partial charge in [-0.3, -0.25) is 14.6 Å². The lowest BCUT2D eigenvalue weighted by atomic mass is 10.1. The number of hydrogen-bond donors (Lipinski definition) is 2. The first-order valence-electron chi connectivity index (χ1n) is 8.71. The van der Waals surface area contributed by atoms with Crippen LogP contribution >= 0.6 is 0 Å². The maximum absolute atomic E-state index is 11.6. The molecule has 0 spiro atoms. The van der Waals surface area contributed by atoms with Crippen molar-refractivity contribution < 1.29 is 9.59 Å². The molecule has 6 nitrogen and oxygen atoms in total. The van der Waals surface area contributed by atoms with Gasteiger partial charge in [0.25, 0.3) is 5.91 Å². The van der Waals surface area contributed by atoms with Crippen LogP contribution in [0, 0.1) is 0 Å². The summed E-state index contributed by atoms with van der Waals surface area (Å²) in [6.07, 6.45) is 13.5. The van der Waals surface area contributed by atoms with Gasteiger partial charge in [0.05, 0.1) is 12.8 Å². The minimum atomic E-state index is -0.340. The Bertz CT molecular complexity index is 503. The van der Waals surface area contributed by atoms with Gasteiger partial charge < -0.3 is 5.32 Å². The highest BCUT2D eigenvalue weighted by atomic mass is 16.2. The highest BCUT2D eigenvalue weighted by Crippen LogP contribution is 2.08. The van der Waals surface area contributed by atoms with Crippen molar-refractivity contribution in [1.82, 2.24) is 15.7 Å². The topological polar surface area (TPSA) is 83.5 Å². The molecule has 6 heteroatoms. The fourth-order valence-electron chi connectivity index (χ4n) is 2.18. The number of carbonyl (C=O) groups excluding carboxylic acids is 2. The summed E-state index contributed by atoms with van der Waals surface area (Å²) >= 11 is 0. The molecule has 1 heterocycles. The van der Waals surface area contributed by atoms with Crippen molar-refractivity contribution in [3.63, 3.8) is 0 Å². The van der Waals surface area contributed by atoms with E-state index in [1.807, 2.05) is 0 Å². The third kappa shape index (κ3) is 10.5. The van der Waals surface area contributed by atoms with Crippen LogP contribution in [-0.2, 0) is 9.59 Å². The Balaban J connectivity index is 2.03. The summed E-state index contributed by atoms with van der Waals surface area (Å²) in [4.78, 5) is 27.1. The second kappa shape index (κ2) is 13.2. The van der Waals surface area contributed by atoms with Crippen LogP contribution in [0.4, 0.5) is 0 Å². The zero-order valence-electron chi connectivity index (χ0n) is 14.5. The molecule has 0 atom stereocenters. The van der Waals surface area contributed by atoms with Gasteiger partial charge in [-0.15, -0.1) is 0 Å². The van der Waals surface area contributed by atoms with Crippen molar-refractivity contribution in [3.05, 3.63) is 30.1 Å². The van der Waals surface area contributed by atoms with Crippen molar-refractivity contribution in [2.24, 2.45) is 5.10 Å². The molecule has 0 radical (unpaired) electrons. The van der Waals surface area contributed by atoms with E-state index in [0.717, 1.165) is 18.4 Å². The summed E-state index contributed by atoms with van der Waals surface area (Å²) in [5.74, 6) is -0.426. The van der Waals surface area contributed by atoms with E-state index in [2.05, 4.69) is 27.8 Å². The molecule has 0 saturated heterocycles. The fourth-order valence-corrected chi connectivity index (χ4v) is 2.18. The SMILES string of the molecule is CCCCCCCCCC(=O)NCC(=O)N/N=C\c1ccncc1. The number of aromatic nitrogens is 1. The summed E-state index contributed by atoms with van der Waals surface area (Å²) in [6.45, 7) is 2.15. The standard InChI is InChI=1S/C18H28N4O2/c1-2-3-4-5-6-7-8-9-17(23)20-15-18(24)22-21-14-16-10-12-19-13-11-16/h10-14H,2-9,15H2,1H3,(H,20,23)(H,22,24)/b21-14-. The zero-order valence-corrected chi connectivity index (χ0v) is 14.5. The number of hydrogen-bond acceptors (Lipinski definition) is 4. The Labute approximate surface area is 144 Å². The second-order valence-electron chi connectivity index (χ2n) is 5.72. The lowest BCUT2D eigenvalue weighted by molar-refractivity contribution is -0.126. The summed E-state index contributed by atoms with van der Waals surface area (Å²) in [6, 6.07) is 3.55. The molecule has 1 aromatic rings. The smallest absolute Gasteiger partial charge is 0.259 e. The molecule has 0 aliphatic heterocycles. The monoisotopic (exact) mass is 332 g/mol. The van der Waals surface area contributed by atoms with Crippen LogP contribution in [0.1, 0.15) is 63.9 Å². The van der Waals surface area contributed by atoms with Crippen LogP contribution in [0.3, 0.4) is 0 Å². The molecule has 1 aromatic heterocycles. The molecule has 0 bridgehead atoms. The molecule has 132 valence electrons. The Morgan fingerprint density at radius 3 is 2.42 bits per heavy atom. The predicted octanol–water partition coefficient (Wildman–Crippen LogP) is 2.79. The van der Waals surface area contributed by atoms with E-state index < -0.39 is 0 Å². The van der Waals surface area contributed by atoms with Gasteiger partial charge in [-0.25, -0.2) is 5.43 Å². The quantitative estimate of drug-likeness (QED) is 0.351. The van der Waals surface area contributed by atoms with Crippen LogP contribution in [0.25, 0.3) is 0 Å². The number of hydrazone groups is 1. The maximum Gasteiger partial charge on any atom is 0.259 e. The van der Waals surface area contributed by atoms with Crippen molar-refractivity contribution in [2.75, 3.05) is 6.54 Å². The highest BCUT2D eigenvalue weighted by molar-refractivity contribution is 5.86.